The van der Waals surface area contributed by atoms with Crippen LogP contribution < -0.4 is 4.90 Å². The maximum Gasteiger partial charge on any atom is 0.161 e. The molecule has 4 heterocycles. The smallest absolute Gasteiger partial charge is 0.161 e. The molecule has 0 radical (unpaired) electrons. The molecular formula is C19H23N7. The van der Waals surface area contributed by atoms with Gasteiger partial charge in [0.15, 0.2) is 5.82 Å². The molecule has 0 bridgehead atoms. The monoisotopic (exact) mass is 349 g/mol. The molecule has 26 heavy (non-hydrogen) atoms. The lowest BCUT2D eigenvalue weighted by atomic mass is 9.96. The number of rotatable bonds is 4. The van der Waals surface area contributed by atoms with E-state index in [4.69, 9.17) is 4.98 Å². The van der Waals surface area contributed by atoms with Gasteiger partial charge in [-0.3, -0.25) is 9.67 Å². The van der Waals surface area contributed by atoms with Gasteiger partial charge in [-0.2, -0.15) is 0 Å². The van der Waals surface area contributed by atoms with Crippen LogP contribution in [-0.4, -0.2) is 43.0 Å². The lowest BCUT2D eigenvalue weighted by Gasteiger charge is -2.33. The Morgan fingerprint density at radius 1 is 1.04 bits per heavy atom. The molecule has 0 aliphatic carbocycles. The molecule has 3 aromatic rings. The second kappa shape index (κ2) is 7.19. The summed E-state index contributed by atoms with van der Waals surface area (Å²) in [4.78, 5) is 16.0. The molecule has 0 aromatic carbocycles. The summed E-state index contributed by atoms with van der Waals surface area (Å²) in [6, 6.07) is 3.91. The van der Waals surface area contributed by atoms with Crippen LogP contribution in [0.4, 0.5) is 5.82 Å². The number of hydrogen-bond acceptors (Lipinski definition) is 6. The highest BCUT2D eigenvalue weighted by Gasteiger charge is 2.23. The van der Waals surface area contributed by atoms with Crippen LogP contribution in [0.3, 0.4) is 0 Å². The minimum atomic E-state index is 0.635. The van der Waals surface area contributed by atoms with Crippen molar-refractivity contribution < 1.29 is 0 Å². The Kier molecular flexibility index (Phi) is 4.60. The zero-order valence-electron chi connectivity index (χ0n) is 15.2. The molecule has 1 saturated heterocycles. The van der Waals surface area contributed by atoms with Crippen LogP contribution in [0.2, 0.25) is 0 Å². The number of nitrogens with zero attached hydrogens (tertiary/aromatic N) is 7. The van der Waals surface area contributed by atoms with E-state index >= 15 is 0 Å². The lowest BCUT2D eigenvalue weighted by molar-refractivity contribution is 0.338. The number of piperidine rings is 1. The van der Waals surface area contributed by atoms with Gasteiger partial charge in [0.1, 0.15) is 5.82 Å². The highest BCUT2D eigenvalue weighted by molar-refractivity contribution is 5.60. The Balaban J connectivity index is 1.52. The summed E-state index contributed by atoms with van der Waals surface area (Å²) in [5.41, 5.74) is 3.20. The van der Waals surface area contributed by atoms with Gasteiger partial charge in [0, 0.05) is 55.0 Å². The van der Waals surface area contributed by atoms with Crippen molar-refractivity contribution in [3.8, 4) is 11.4 Å². The van der Waals surface area contributed by atoms with Crippen LogP contribution in [0.1, 0.15) is 24.1 Å². The predicted octanol–water partition coefficient (Wildman–Crippen LogP) is 2.66. The van der Waals surface area contributed by atoms with E-state index in [1.165, 1.54) is 0 Å². The largest absolute Gasteiger partial charge is 0.356 e. The fourth-order valence-electron chi connectivity index (χ4n) is 3.47. The maximum absolute atomic E-state index is 4.89. The van der Waals surface area contributed by atoms with Crippen molar-refractivity contribution in [1.82, 2.24) is 29.9 Å². The summed E-state index contributed by atoms with van der Waals surface area (Å²) < 4.78 is 1.93. The van der Waals surface area contributed by atoms with Crippen molar-refractivity contribution in [3.63, 3.8) is 0 Å². The lowest BCUT2D eigenvalue weighted by Crippen LogP contribution is -2.36. The molecule has 1 aliphatic heterocycles. The molecule has 0 spiro atoms. The Morgan fingerprint density at radius 2 is 1.81 bits per heavy atom. The number of aryl methyl sites for hydroxylation is 1. The summed E-state index contributed by atoms with van der Waals surface area (Å²) in [5.74, 6) is 2.47. The van der Waals surface area contributed by atoms with Crippen LogP contribution in [0.25, 0.3) is 11.4 Å². The first kappa shape index (κ1) is 16.6. The normalized spacial score (nSPS) is 15.4. The molecule has 134 valence electrons. The average Bonchev–Trinajstić information content (AvgIpc) is 3.18. The van der Waals surface area contributed by atoms with Crippen molar-refractivity contribution in [3.05, 3.63) is 48.2 Å². The third-order valence-corrected chi connectivity index (χ3v) is 5.13. The first-order valence-corrected chi connectivity index (χ1v) is 9.05. The van der Waals surface area contributed by atoms with Crippen LogP contribution in [0.15, 0.2) is 36.9 Å². The van der Waals surface area contributed by atoms with Gasteiger partial charge < -0.3 is 4.90 Å². The average molecular weight is 349 g/mol. The summed E-state index contributed by atoms with van der Waals surface area (Å²) >= 11 is 0. The summed E-state index contributed by atoms with van der Waals surface area (Å²) in [6.45, 7) is 7.13. The van der Waals surface area contributed by atoms with Gasteiger partial charge in [0.2, 0.25) is 0 Å². The highest BCUT2D eigenvalue weighted by atomic mass is 15.4. The van der Waals surface area contributed by atoms with E-state index < -0.39 is 0 Å². The van der Waals surface area contributed by atoms with E-state index in [0.29, 0.717) is 5.92 Å². The summed E-state index contributed by atoms with van der Waals surface area (Å²) in [7, 11) is 0. The topological polar surface area (TPSA) is 72.6 Å². The molecule has 0 N–H and O–H groups in total. The van der Waals surface area contributed by atoms with Crippen LogP contribution in [0.5, 0.6) is 0 Å². The molecule has 4 rings (SSSR count). The zero-order valence-corrected chi connectivity index (χ0v) is 15.2. The molecule has 1 aliphatic rings. The quantitative estimate of drug-likeness (QED) is 0.721. The second-order valence-electron chi connectivity index (χ2n) is 6.87. The number of anilines is 1. The maximum atomic E-state index is 4.89. The fourth-order valence-corrected chi connectivity index (χ4v) is 3.47. The van der Waals surface area contributed by atoms with Crippen LogP contribution >= 0.6 is 0 Å². The van der Waals surface area contributed by atoms with Crippen molar-refractivity contribution in [2.75, 3.05) is 18.0 Å². The molecular weight excluding hydrogens is 326 g/mol. The number of aromatic nitrogens is 6. The first-order chi connectivity index (χ1) is 12.7. The second-order valence-corrected chi connectivity index (χ2v) is 6.87. The Labute approximate surface area is 153 Å². The molecule has 3 aromatic heterocycles. The third kappa shape index (κ3) is 3.42. The minimum absolute atomic E-state index is 0.635. The van der Waals surface area contributed by atoms with Crippen molar-refractivity contribution >= 4 is 5.82 Å². The van der Waals surface area contributed by atoms with E-state index in [9.17, 15) is 0 Å². The molecule has 7 nitrogen and oxygen atoms in total. The molecule has 0 saturated carbocycles. The van der Waals surface area contributed by atoms with Gasteiger partial charge in [-0.05, 0) is 44.7 Å². The van der Waals surface area contributed by atoms with Crippen molar-refractivity contribution in [1.29, 1.82) is 0 Å². The van der Waals surface area contributed by atoms with Crippen LogP contribution in [-0.2, 0) is 6.54 Å². The van der Waals surface area contributed by atoms with Gasteiger partial charge in [0.05, 0.1) is 6.20 Å². The Bertz CT molecular complexity index is 853. The highest BCUT2D eigenvalue weighted by Crippen LogP contribution is 2.28. The molecule has 7 heteroatoms. The van der Waals surface area contributed by atoms with Crippen LogP contribution in [0, 0.1) is 19.8 Å². The van der Waals surface area contributed by atoms with E-state index in [-0.39, 0.29) is 0 Å². The van der Waals surface area contributed by atoms with E-state index in [2.05, 4.69) is 39.0 Å². The fraction of sp³-hybridized carbons (Fsp3) is 0.421. The standard InChI is InChI=1S/C19H23N7/c1-14-15(2)22-18(17-3-7-20-8-4-17)23-19(14)25-10-5-16(6-11-25)13-26-12-9-21-24-26/h3-4,7-9,12,16H,5-6,10-11,13H2,1-2H3. The van der Waals surface area contributed by atoms with E-state index in [0.717, 1.165) is 60.9 Å². The molecule has 1 fully saturated rings. The third-order valence-electron chi connectivity index (χ3n) is 5.13. The summed E-state index contributed by atoms with van der Waals surface area (Å²) in [6.07, 6.45) is 9.50. The van der Waals surface area contributed by atoms with Gasteiger partial charge in [-0.15, -0.1) is 5.10 Å². The molecule has 0 unspecified atom stereocenters. The van der Waals surface area contributed by atoms with Crippen molar-refractivity contribution in [2.45, 2.75) is 33.2 Å². The molecule has 0 amide bonds. The SMILES string of the molecule is Cc1nc(-c2ccncc2)nc(N2CCC(Cn3ccnn3)CC2)c1C. The first-order valence-electron chi connectivity index (χ1n) is 9.05. The van der Waals surface area contributed by atoms with Crippen molar-refractivity contribution in [2.24, 2.45) is 5.92 Å². The molecule has 0 atom stereocenters. The van der Waals surface area contributed by atoms with E-state index in [1.807, 2.05) is 23.0 Å². The number of hydrogen-bond donors (Lipinski definition) is 0. The Hall–Kier alpha value is -2.83. The van der Waals surface area contributed by atoms with E-state index in [1.54, 1.807) is 18.6 Å². The number of pyridine rings is 1. The summed E-state index contributed by atoms with van der Waals surface area (Å²) in [5, 5.41) is 7.98. The van der Waals surface area contributed by atoms with Gasteiger partial charge in [-0.1, -0.05) is 5.21 Å². The van der Waals surface area contributed by atoms with Gasteiger partial charge in [-0.25, -0.2) is 9.97 Å². The van der Waals surface area contributed by atoms with Gasteiger partial charge in [0.25, 0.3) is 0 Å². The zero-order chi connectivity index (χ0) is 17.9. The Morgan fingerprint density at radius 3 is 2.50 bits per heavy atom. The minimum Gasteiger partial charge on any atom is -0.356 e. The predicted molar refractivity (Wildman–Crippen MR) is 99.7 cm³/mol. The van der Waals surface area contributed by atoms with Gasteiger partial charge >= 0.3 is 0 Å².